The van der Waals surface area contributed by atoms with Gasteiger partial charge in [0, 0.05) is 47.8 Å². The number of carbonyl (C=O) groups is 1. The van der Waals surface area contributed by atoms with Gasteiger partial charge >= 0.3 is 5.69 Å². The van der Waals surface area contributed by atoms with Crippen molar-refractivity contribution in [2.24, 2.45) is 0 Å². The van der Waals surface area contributed by atoms with Crippen LogP contribution in [0.1, 0.15) is 5.56 Å². The average Bonchev–Trinajstić information content (AvgIpc) is 2.86. The Kier molecular flexibility index (Phi) is 6.07. The van der Waals surface area contributed by atoms with Crippen LogP contribution in [0.15, 0.2) is 77.6 Å². The van der Waals surface area contributed by atoms with Crippen molar-refractivity contribution in [3.05, 3.63) is 93.9 Å². The molecular weight excluding hydrogens is 448 g/mol. The summed E-state index contributed by atoms with van der Waals surface area (Å²) < 4.78 is 1.45. The maximum absolute atomic E-state index is 13.2. The zero-order chi connectivity index (χ0) is 23.7. The van der Waals surface area contributed by atoms with E-state index in [0.29, 0.717) is 29.3 Å². The number of aromatic nitrogens is 2. The first-order valence-corrected chi connectivity index (χ1v) is 11.7. The highest BCUT2D eigenvalue weighted by atomic mass is 35.5. The summed E-state index contributed by atoms with van der Waals surface area (Å²) in [7, 11) is 0. The van der Waals surface area contributed by atoms with Crippen molar-refractivity contribution in [1.29, 1.82) is 0 Å². The third-order valence-electron chi connectivity index (χ3n) is 6.31. The summed E-state index contributed by atoms with van der Waals surface area (Å²) in [5, 5.41) is 1.30. The number of benzene rings is 3. The third-order valence-corrected chi connectivity index (χ3v) is 6.55. The second kappa shape index (κ2) is 9.31. The summed E-state index contributed by atoms with van der Waals surface area (Å²) in [6.45, 7) is 4.75. The maximum Gasteiger partial charge on any atom is 0.349 e. The lowest BCUT2D eigenvalue weighted by Gasteiger charge is -2.36. The Balaban J connectivity index is 1.39. The summed E-state index contributed by atoms with van der Waals surface area (Å²) in [4.78, 5) is 34.6. The molecule has 1 fully saturated rings. The molecule has 0 radical (unpaired) electrons. The summed E-state index contributed by atoms with van der Waals surface area (Å²) >= 11 is 6.28. The van der Waals surface area contributed by atoms with Crippen LogP contribution in [-0.4, -0.2) is 46.5 Å². The minimum Gasteiger partial charge on any atom is -0.368 e. The molecule has 0 spiro atoms. The zero-order valence-corrected chi connectivity index (χ0v) is 19.7. The van der Waals surface area contributed by atoms with Gasteiger partial charge in [-0.05, 0) is 37.3 Å². The highest BCUT2D eigenvalue weighted by molar-refractivity contribution is 6.31. The van der Waals surface area contributed by atoms with Crippen LogP contribution in [-0.2, 0) is 11.3 Å². The molecule has 3 aromatic carbocycles. The first-order valence-electron chi connectivity index (χ1n) is 11.3. The standard InChI is InChI=1S/C27H25ClN4O2/c1-19-7-10-22(11-8-19)30-13-15-31(16-14-30)25(33)18-32-24-12-9-21(28)17-23(24)26(29-27(32)34)20-5-3-2-4-6-20/h2-12,17H,13-16,18H2,1H3. The van der Waals surface area contributed by atoms with Crippen LogP contribution < -0.4 is 10.6 Å². The van der Waals surface area contributed by atoms with Crippen molar-refractivity contribution in [1.82, 2.24) is 14.5 Å². The Hall–Kier alpha value is -3.64. The van der Waals surface area contributed by atoms with Gasteiger partial charge in [0.1, 0.15) is 6.54 Å². The van der Waals surface area contributed by atoms with Gasteiger partial charge in [-0.3, -0.25) is 9.36 Å². The molecule has 172 valence electrons. The van der Waals surface area contributed by atoms with Crippen LogP contribution in [0.4, 0.5) is 5.69 Å². The van der Waals surface area contributed by atoms with Gasteiger partial charge in [-0.25, -0.2) is 4.79 Å². The van der Waals surface area contributed by atoms with E-state index >= 15 is 0 Å². The van der Waals surface area contributed by atoms with Crippen molar-refractivity contribution in [3.8, 4) is 11.3 Å². The minimum atomic E-state index is -0.444. The second-order valence-electron chi connectivity index (χ2n) is 8.56. The molecule has 4 aromatic rings. The molecule has 0 saturated carbocycles. The molecule has 1 aliphatic rings. The van der Waals surface area contributed by atoms with E-state index in [0.717, 1.165) is 29.7 Å². The summed E-state index contributed by atoms with van der Waals surface area (Å²) in [6, 6.07) is 23.3. The largest absolute Gasteiger partial charge is 0.368 e. The van der Waals surface area contributed by atoms with Gasteiger partial charge in [-0.15, -0.1) is 0 Å². The molecule has 2 heterocycles. The lowest BCUT2D eigenvalue weighted by molar-refractivity contribution is -0.132. The van der Waals surface area contributed by atoms with Gasteiger partial charge in [0.25, 0.3) is 0 Å². The van der Waals surface area contributed by atoms with Gasteiger partial charge in [-0.1, -0.05) is 59.6 Å². The van der Waals surface area contributed by atoms with Crippen LogP contribution in [0.2, 0.25) is 5.02 Å². The number of fused-ring (bicyclic) bond motifs is 1. The molecule has 0 bridgehead atoms. The number of carbonyl (C=O) groups excluding carboxylic acids is 1. The van der Waals surface area contributed by atoms with Gasteiger partial charge in [-0.2, -0.15) is 4.98 Å². The fourth-order valence-corrected chi connectivity index (χ4v) is 4.60. The van der Waals surface area contributed by atoms with Gasteiger partial charge in [0.2, 0.25) is 5.91 Å². The van der Waals surface area contributed by atoms with Crippen molar-refractivity contribution in [2.45, 2.75) is 13.5 Å². The second-order valence-corrected chi connectivity index (χ2v) is 9.00. The Labute approximate surface area is 203 Å². The lowest BCUT2D eigenvalue weighted by atomic mass is 10.1. The van der Waals surface area contributed by atoms with E-state index in [1.807, 2.05) is 35.2 Å². The molecule has 6 nitrogen and oxygen atoms in total. The summed E-state index contributed by atoms with van der Waals surface area (Å²) in [5.74, 6) is -0.0869. The van der Waals surface area contributed by atoms with Crippen LogP contribution >= 0.6 is 11.6 Å². The number of rotatable bonds is 4. The van der Waals surface area contributed by atoms with E-state index in [2.05, 4.69) is 41.1 Å². The first-order chi connectivity index (χ1) is 16.5. The van der Waals surface area contributed by atoms with Crippen molar-refractivity contribution in [2.75, 3.05) is 31.1 Å². The first kappa shape index (κ1) is 22.2. The number of hydrogen-bond donors (Lipinski definition) is 0. The topological polar surface area (TPSA) is 58.4 Å². The highest BCUT2D eigenvalue weighted by Gasteiger charge is 2.23. The SMILES string of the molecule is Cc1ccc(N2CCN(C(=O)Cn3c(=O)nc(-c4ccccc4)c4cc(Cl)ccc43)CC2)cc1. The van der Waals surface area contributed by atoms with Crippen LogP contribution in [0, 0.1) is 6.92 Å². The quantitative estimate of drug-likeness (QED) is 0.442. The molecule has 1 aliphatic heterocycles. The molecule has 7 heteroatoms. The fraction of sp³-hybridized carbons (Fsp3) is 0.222. The van der Waals surface area contributed by atoms with E-state index in [9.17, 15) is 9.59 Å². The van der Waals surface area contributed by atoms with Gasteiger partial charge in [0.15, 0.2) is 0 Å². The van der Waals surface area contributed by atoms with E-state index in [1.165, 1.54) is 10.1 Å². The molecule has 1 saturated heterocycles. The monoisotopic (exact) mass is 472 g/mol. The number of amides is 1. The van der Waals surface area contributed by atoms with Crippen LogP contribution in [0.3, 0.4) is 0 Å². The molecule has 1 aromatic heterocycles. The predicted molar refractivity (Wildman–Crippen MR) is 136 cm³/mol. The number of halogens is 1. The molecule has 1 amide bonds. The van der Waals surface area contributed by atoms with E-state index in [-0.39, 0.29) is 12.5 Å². The fourth-order valence-electron chi connectivity index (χ4n) is 4.43. The smallest absolute Gasteiger partial charge is 0.349 e. The molecular formula is C27H25ClN4O2. The summed E-state index contributed by atoms with van der Waals surface area (Å²) in [6.07, 6.45) is 0. The van der Waals surface area contributed by atoms with E-state index in [1.54, 1.807) is 18.2 Å². The number of aryl methyl sites for hydroxylation is 1. The Bertz CT molecular complexity index is 1390. The lowest BCUT2D eigenvalue weighted by Crippen LogP contribution is -2.50. The minimum absolute atomic E-state index is 0.0520. The Morgan fingerprint density at radius 3 is 2.35 bits per heavy atom. The average molecular weight is 473 g/mol. The van der Waals surface area contributed by atoms with Gasteiger partial charge in [0.05, 0.1) is 11.2 Å². The van der Waals surface area contributed by atoms with Gasteiger partial charge < -0.3 is 9.80 Å². The van der Waals surface area contributed by atoms with E-state index < -0.39 is 5.69 Å². The number of nitrogens with zero attached hydrogens (tertiary/aromatic N) is 4. The maximum atomic E-state index is 13.2. The molecule has 34 heavy (non-hydrogen) atoms. The number of anilines is 1. The number of hydrogen-bond acceptors (Lipinski definition) is 4. The third kappa shape index (κ3) is 4.41. The molecule has 0 N–H and O–H groups in total. The molecule has 0 aliphatic carbocycles. The Morgan fingerprint density at radius 2 is 1.65 bits per heavy atom. The molecule has 0 unspecified atom stereocenters. The van der Waals surface area contributed by atoms with Crippen molar-refractivity contribution < 1.29 is 4.79 Å². The molecule has 0 atom stereocenters. The van der Waals surface area contributed by atoms with Crippen LogP contribution in [0.25, 0.3) is 22.2 Å². The Morgan fingerprint density at radius 1 is 0.941 bits per heavy atom. The van der Waals surface area contributed by atoms with E-state index in [4.69, 9.17) is 11.6 Å². The summed E-state index contributed by atoms with van der Waals surface area (Å²) in [5.41, 5.74) is 3.99. The van der Waals surface area contributed by atoms with Crippen molar-refractivity contribution in [3.63, 3.8) is 0 Å². The normalized spacial score (nSPS) is 13.9. The van der Waals surface area contributed by atoms with Crippen LogP contribution in [0.5, 0.6) is 0 Å². The highest BCUT2D eigenvalue weighted by Crippen LogP contribution is 2.28. The predicted octanol–water partition coefficient (Wildman–Crippen LogP) is 4.37. The van der Waals surface area contributed by atoms with Crippen molar-refractivity contribution >= 4 is 34.1 Å². The molecule has 5 rings (SSSR count). The number of piperazine rings is 1. The zero-order valence-electron chi connectivity index (χ0n) is 18.9.